The first-order chi connectivity index (χ1) is 6.72. The molecule has 4 heteroatoms. The Kier molecular flexibility index (Phi) is 6.48. The van der Waals surface area contributed by atoms with Gasteiger partial charge in [-0.3, -0.25) is 4.90 Å². The molecule has 0 aliphatic carbocycles. The predicted octanol–water partition coefficient (Wildman–Crippen LogP) is -1.23. The van der Waals surface area contributed by atoms with E-state index in [4.69, 9.17) is 0 Å². The highest BCUT2D eigenvalue weighted by atomic mass is 79.9. The Morgan fingerprint density at radius 3 is 2.20 bits per heavy atom. The number of halogens is 1. The monoisotopic (exact) mass is 290 g/mol. The summed E-state index contributed by atoms with van der Waals surface area (Å²) in [6.07, 6.45) is 6.49. The third-order valence-electron chi connectivity index (χ3n) is 3.67. The molecule has 1 heterocycles. The minimum atomic E-state index is -1.16. The zero-order chi connectivity index (χ0) is 10.6. The highest BCUT2D eigenvalue weighted by Gasteiger charge is 2.36. The van der Waals surface area contributed by atoms with E-state index in [-0.39, 0.29) is 17.0 Å². The van der Waals surface area contributed by atoms with E-state index in [0.29, 0.717) is 0 Å². The molecule has 0 fully saturated rings. The lowest BCUT2D eigenvalue weighted by Gasteiger charge is -2.36. The van der Waals surface area contributed by atoms with Gasteiger partial charge in [-0.2, -0.15) is 0 Å². The Labute approximate surface area is 105 Å². The van der Waals surface area contributed by atoms with Crippen LogP contribution in [-0.2, 0) is 0 Å². The fraction of sp³-hybridized carbons (Fsp3) is 0.636. The second-order valence-electron chi connectivity index (χ2n) is 4.01. The molecule has 1 N–H and O–H groups in total. The molecular weight excluding hydrogens is 268 g/mol. The molecule has 1 aliphatic rings. The molecule has 1 unspecified atom stereocenters. The zero-order valence-corrected chi connectivity index (χ0v) is 12.7. The van der Waals surface area contributed by atoms with Crippen molar-refractivity contribution in [2.75, 3.05) is 6.67 Å². The lowest BCUT2D eigenvalue weighted by molar-refractivity contribution is -0.790. The van der Waals surface area contributed by atoms with Crippen LogP contribution in [0.2, 0.25) is 18.1 Å². The van der Waals surface area contributed by atoms with E-state index in [2.05, 4.69) is 44.3 Å². The average Bonchev–Trinajstić information content (AvgIpc) is 2.71. The lowest BCUT2D eigenvalue weighted by Crippen LogP contribution is -3.02. The van der Waals surface area contributed by atoms with Gasteiger partial charge in [0.2, 0.25) is 0 Å². The first kappa shape index (κ1) is 14.9. The molecule has 0 spiro atoms. The van der Waals surface area contributed by atoms with Crippen molar-refractivity contribution in [1.82, 2.24) is 4.57 Å². The predicted molar refractivity (Wildman–Crippen MR) is 64.2 cm³/mol. The smallest absolute Gasteiger partial charge is 0.162 e. The van der Waals surface area contributed by atoms with Gasteiger partial charge in [0.15, 0.2) is 14.9 Å². The summed E-state index contributed by atoms with van der Waals surface area (Å²) in [4.78, 5) is 1.37. The van der Waals surface area contributed by atoms with E-state index in [0.717, 1.165) is 6.67 Å². The highest BCUT2D eigenvalue weighted by Crippen LogP contribution is 2.24. The summed E-state index contributed by atoms with van der Waals surface area (Å²) >= 11 is 0. The van der Waals surface area contributed by atoms with Crippen molar-refractivity contribution in [2.45, 2.75) is 38.9 Å². The third kappa shape index (κ3) is 2.95. The maximum Gasteiger partial charge on any atom is 0.162 e. The molecule has 0 amide bonds. The van der Waals surface area contributed by atoms with Gasteiger partial charge < -0.3 is 21.5 Å². The molecule has 1 aliphatic heterocycles. The molecule has 0 saturated carbocycles. The molecule has 88 valence electrons. The molecule has 0 aromatic heterocycles. The largest absolute Gasteiger partial charge is 1.00 e. The van der Waals surface area contributed by atoms with E-state index in [9.17, 15) is 0 Å². The lowest BCUT2D eigenvalue weighted by atomic mass is 10.8. The van der Waals surface area contributed by atoms with Gasteiger partial charge in [0.05, 0.1) is 6.20 Å². The van der Waals surface area contributed by atoms with E-state index >= 15 is 0 Å². The quantitative estimate of drug-likeness (QED) is 0.623. The zero-order valence-electron chi connectivity index (χ0n) is 10.1. The summed E-state index contributed by atoms with van der Waals surface area (Å²) in [7, 11) is -1.16. The molecule has 1 atom stereocenters. The van der Waals surface area contributed by atoms with Gasteiger partial charge in [-0.15, -0.1) is 0 Å². The Balaban J connectivity index is 0.00000196. The number of nitrogens with one attached hydrogen (secondary N) is 1. The van der Waals surface area contributed by atoms with Crippen molar-refractivity contribution in [3.8, 4) is 0 Å². The van der Waals surface area contributed by atoms with Crippen molar-refractivity contribution in [3.63, 3.8) is 0 Å². The van der Waals surface area contributed by atoms with Gasteiger partial charge in [-0.25, -0.2) is 0 Å². The van der Waals surface area contributed by atoms with Crippen LogP contribution in [0.5, 0.6) is 0 Å². The van der Waals surface area contributed by atoms with Gasteiger partial charge in [-0.1, -0.05) is 20.8 Å². The van der Waals surface area contributed by atoms with Gasteiger partial charge >= 0.3 is 0 Å². The second-order valence-corrected chi connectivity index (χ2v) is 9.15. The van der Waals surface area contributed by atoms with Crippen LogP contribution in [0.3, 0.4) is 0 Å². The normalized spacial score (nSPS) is 20.2. The maximum absolute atomic E-state index is 3.84. The summed E-state index contributed by atoms with van der Waals surface area (Å²) in [5, 5.41) is 0. The van der Waals surface area contributed by atoms with E-state index in [1.807, 2.05) is 6.20 Å². The molecule has 0 bridgehead atoms. The summed E-state index contributed by atoms with van der Waals surface area (Å²) in [5.74, 6) is 0. The topological polar surface area (TPSA) is 7.68 Å². The first-order valence-corrected chi connectivity index (χ1v) is 8.22. The fourth-order valence-electron chi connectivity index (χ4n) is 2.31. The maximum atomic E-state index is 3.84. The molecular formula is C11H23BrN2Si. The van der Waals surface area contributed by atoms with Crippen LogP contribution < -0.4 is 21.9 Å². The Hall–Kier alpha value is -0.0631. The van der Waals surface area contributed by atoms with E-state index in [1.54, 1.807) is 0 Å². The summed E-state index contributed by atoms with van der Waals surface area (Å²) in [6.45, 7) is 12.0. The highest BCUT2D eigenvalue weighted by molar-refractivity contribution is 6.77. The first-order valence-electron chi connectivity index (χ1n) is 5.65. The Bertz CT molecular complexity index is 218. The molecule has 0 aromatic carbocycles. The van der Waals surface area contributed by atoms with Crippen molar-refractivity contribution >= 4 is 8.24 Å². The standard InChI is InChI=1S/C11H22N2Si.BrH/c1-5-12-9-10-13(11-12)14(6-2,7-3)8-4;/h5,9-10H,1,6-8,11H2,2-4H3;1H. The van der Waals surface area contributed by atoms with Crippen LogP contribution in [-0.4, -0.2) is 19.5 Å². The Morgan fingerprint density at radius 2 is 1.87 bits per heavy atom. The molecule has 15 heavy (non-hydrogen) atoms. The van der Waals surface area contributed by atoms with Crippen LogP contribution >= 0.6 is 0 Å². The second kappa shape index (κ2) is 6.50. The SMILES string of the molecule is C=C[NH+]1C=CN([Si](CC)(CC)CC)C1.[Br-]. The van der Waals surface area contributed by atoms with Crippen molar-refractivity contribution < 1.29 is 21.9 Å². The van der Waals surface area contributed by atoms with Crippen molar-refractivity contribution in [2.24, 2.45) is 0 Å². The fourth-order valence-corrected chi connectivity index (χ4v) is 5.93. The van der Waals surface area contributed by atoms with Crippen LogP contribution in [0.4, 0.5) is 0 Å². The van der Waals surface area contributed by atoms with Crippen molar-refractivity contribution in [3.05, 3.63) is 25.2 Å². The Morgan fingerprint density at radius 1 is 1.33 bits per heavy atom. The molecule has 0 radical (unpaired) electrons. The van der Waals surface area contributed by atoms with E-state index in [1.165, 1.54) is 23.0 Å². The van der Waals surface area contributed by atoms with Crippen LogP contribution in [0.25, 0.3) is 0 Å². The molecule has 0 aromatic rings. The molecule has 0 saturated heterocycles. The van der Waals surface area contributed by atoms with Crippen LogP contribution in [0.1, 0.15) is 20.8 Å². The van der Waals surface area contributed by atoms with Gasteiger partial charge in [-0.05, 0) is 24.7 Å². The number of quaternary nitrogens is 1. The van der Waals surface area contributed by atoms with Gasteiger partial charge in [0.25, 0.3) is 0 Å². The molecule has 1 rings (SSSR count). The van der Waals surface area contributed by atoms with Crippen LogP contribution in [0.15, 0.2) is 25.2 Å². The summed E-state index contributed by atoms with van der Waals surface area (Å²) in [6, 6.07) is 4.07. The van der Waals surface area contributed by atoms with Crippen LogP contribution in [0, 0.1) is 0 Å². The van der Waals surface area contributed by atoms with Crippen molar-refractivity contribution in [1.29, 1.82) is 0 Å². The summed E-state index contributed by atoms with van der Waals surface area (Å²) < 4.78 is 2.62. The number of hydrogen-bond acceptors (Lipinski definition) is 1. The number of hydrogen-bond donors (Lipinski definition) is 1. The average molecular weight is 291 g/mol. The molecule has 2 nitrogen and oxygen atoms in total. The number of rotatable bonds is 5. The summed E-state index contributed by atoms with van der Waals surface area (Å²) in [5.41, 5.74) is 0. The van der Waals surface area contributed by atoms with E-state index < -0.39 is 8.24 Å². The minimum Gasteiger partial charge on any atom is -1.00 e. The third-order valence-corrected chi connectivity index (χ3v) is 9.14. The number of nitrogens with zero attached hydrogens (tertiary/aromatic N) is 1. The minimum absolute atomic E-state index is 0. The van der Waals surface area contributed by atoms with Gasteiger partial charge in [0.1, 0.15) is 6.20 Å². The van der Waals surface area contributed by atoms with Gasteiger partial charge in [0, 0.05) is 6.20 Å².